The Labute approximate surface area is 155 Å². The van der Waals surface area contributed by atoms with E-state index in [4.69, 9.17) is 4.74 Å². The second-order valence-corrected chi connectivity index (χ2v) is 5.75. The number of hydrogen-bond donors (Lipinski definition) is 2. The fourth-order valence-corrected chi connectivity index (χ4v) is 2.35. The molecule has 0 unspecified atom stereocenters. The minimum absolute atomic E-state index is 0.200. The Hall–Kier alpha value is -3.33. The number of aromatic nitrogens is 4. The summed E-state index contributed by atoms with van der Waals surface area (Å²) in [5.41, 5.74) is 1.91. The van der Waals surface area contributed by atoms with Gasteiger partial charge in [0.25, 0.3) is 5.91 Å². The van der Waals surface area contributed by atoms with Gasteiger partial charge >= 0.3 is 0 Å². The van der Waals surface area contributed by atoms with Crippen LogP contribution < -0.4 is 10.6 Å². The van der Waals surface area contributed by atoms with Crippen molar-refractivity contribution >= 4 is 23.1 Å². The number of nitrogens with zero attached hydrogens (tertiary/aromatic N) is 4. The molecule has 0 atom stereocenters. The molecule has 3 heterocycles. The van der Waals surface area contributed by atoms with Gasteiger partial charge in [-0.3, -0.25) is 9.48 Å². The molecule has 0 aromatic carbocycles. The standard InChI is InChI=1S/C18H19FN6O2/c1-12-3-5-14(22-13-4-6-15(19)20-11-13)17(21-12)18(26)23-16-7-8-25(24-16)9-10-27-2/h3-8,11,22H,9-10H2,1-2H3,(H,23,24,26). The van der Waals surface area contributed by atoms with Crippen molar-refractivity contribution in [2.75, 3.05) is 24.4 Å². The summed E-state index contributed by atoms with van der Waals surface area (Å²) in [6, 6.07) is 7.96. The molecule has 0 spiro atoms. The van der Waals surface area contributed by atoms with Gasteiger partial charge in [-0.1, -0.05) is 0 Å². The first-order valence-electron chi connectivity index (χ1n) is 8.25. The molecule has 140 valence electrons. The van der Waals surface area contributed by atoms with Crippen molar-refractivity contribution in [3.8, 4) is 0 Å². The predicted octanol–water partition coefficient (Wildman–Crippen LogP) is 2.76. The SMILES string of the molecule is COCCn1ccc(NC(=O)c2nc(C)ccc2Nc2ccc(F)nc2)n1. The van der Waals surface area contributed by atoms with Crippen LogP contribution in [0, 0.1) is 12.9 Å². The molecule has 8 nitrogen and oxygen atoms in total. The van der Waals surface area contributed by atoms with E-state index in [1.165, 1.54) is 18.3 Å². The van der Waals surface area contributed by atoms with Gasteiger partial charge in [0.1, 0.15) is 0 Å². The number of anilines is 3. The Morgan fingerprint density at radius 3 is 2.85 bits per heavy atom. The molecule has 3 rings (SSSR count). The lowest BCUT2D eigenvalue weighted by Crippen LogP contribution is -2.17. The molecule has 3 aromatic heterocycles. The minimum Gasteiger partial charge on any atom is -0.383 e. The van der Waals surface area contributed by atoms with Gasteiger partial charge in [-0.15, -0.1) is 0 Å². The number of carbonyl (C=O) groups excluding carboxylic acids is 1. The van der Waals surface area contributed by atoms with Gasteiger partial charge in [0.05, 0.1) is 30.7 Å². The Kier molecular flexibility index (Phi) is 5.72. The molecular formula is C18H19FN6O2. The van der Waals surface area contributed by atoms with E-state index >= 15 is 0 Å². The molecule has 1 amide bonds. The number of ether oxygens (including phenoxy) is 1. The molecule has 0 saturated heterocycles. The van der Waals surface area contributed by atoms with Crippen LogP contribution in [-0.4, -0.2) is 39.4 Å². The fourth-order valence-electron chi connectivity index (χ4n) is 2.35. The molecule has 3 aromatic rings. The Morgan fingerprint density at radius 1 is 1.26 bits per heavy atom. The second-order valence-electron chi connectivity index (χ2n) is 5.75. The van der Waals surface area contributed by atoms with Gasteiger partial charge in [0, 0.05) is 25.1 Å². The van der Waals surface area contributed by atoms with Crippen LogP contribution in [0.15, 0.2) is 42.7 Å². The largest absolute Gasteiger partial charge is 0.383 e. The normalized spacial score (nSPS) is 10.6. The Bertz CT molecular complexity index is 926. The Balaban J connectivity index is 1.78. The van der Waals surface area contributed by atoms with Crippen molar-refractivity contribution in [2.24, 2.45) is 0 Å². The van der Waals surface area contributed by atoms with Gasteiger partial charge in [-0.25, -0.2) is 9.97 Å². The quantitative estimate of drug-likeness (QED) is 0.621. The summed E-state index contributed by atoms with van der Waals surface area (Å²) in [6.45, 7) is 2.90. The third-order valence-corrected chi connectivity index (χ3v) is 3.66. The van der Waals surface area contributed by atoms with Gasteiger partial charge in [0.2, 0.25) is 5.95 Å². The zero-order valence-corrected chi connectivity index (χ0v) is 14.9. The van der Waals surface area contributed by atoms with Gasteiger partial charge in [0.15, 0.2) is 11.5 Å². The highest BCUT2D eigenvalue weighted by Gasteiger charge is 2.15. The molecule has 0 bridgehead atoms. The highest BCUT2D eigenvalue weighted by atomic mass is 19.1. The Morgan fingerprint density at radius 2 is 2.11 bits per heavy atom. The molecule has 0 aliphatic rings. The number of aryl methyl sites for hydroxylation is 1. The number of nitrogens with one attached hydrogen (secondary N) is 2. The molecular weight excluding hydrogens is 351 g/mol. The van der Waals surface area contributed by atoms with Crippen LogP contribution in [0.2, 0.25) is 0 Å². The van der Waals surface area contributed by atoms with Gasteiger partial charge < -0.3 is 15.4 Å². The van der Waals surface area contributed by atoms with Crippen LogP contribution in [0.4, 0.5) is 21.6 Å². The summed E-state index contributed by atoms with van der Waals surface area (Å²) < 4.78 is 19.7. The minimum atomic E-state index is -0.579. The molecule has 0 fully saturated rings. The maximum absolute atomic E-state index is 13.0. The van der Waals surface area contributed by atoms with Crippen LogP contribution in [0.3, 0.4) is 0 Å². The average molecular weight is 370 g/mol. The number of hydrogen-bond acceptors (Lipinski definition) is 6. The first-order valence-corrected chi connectivity index (χ1v) is 8.25. The summed E-state index contributed by atoms with van der Waals surface area (Å²) >= 11 is 0. The summed E-state index contributed by atoms with van der Waals surface area (Å²) in [7, 11) is 1.61. The second kappa shape index (κ2) is 8.37. The highest BCUT2D eigenvalue weighted by molar-refractivity contribution is 6.06. The van der Waals surface area contributed by atoms with Crippen LogP contribution >= 0.6 is 0 Å². The zero-order valence-electron chi connectivity index (χ0n) is 14.9. The zero-order chi connectivity index (χ0) is 19.2. The third-order valence-electron chi connectivity index (χ3n) is 3.66. The lowest BCUT2D eigenvalue weighted by Gasteiger charge is -2.11. The highest BCUT2D eigenvalue weighted by Crippen LogP contribution is 2.21. The predicted molar refractivity (Wildman–Crippen MR) is 98.5 cm³/mol. The van der Waals surface area contributed by atoms with Crippen LogP contribution in [0.1, 0.15) is 16.2 Å². The molecule has 2 N–H and O–H groups in total. The summed E-state index contributed by atoms with van der Waals surface area (Å²) in [4.78, 5) is 20.6. The first-order chi connectivity index (χ1) is 13.0. The average Bonchev–Trinajstić information content (AvgIpc) is 3.10. The van der Waals surface area contributed by atoms with Gasteiger partial charge in [-0.05, 0) is 31.2 Å². The van der Waals surface area contributed by atoms with E-state index in [0.717, 1.165) is 0 Å². The van der Waals surface area contributed by atoms with Crippen molar-refractivity contribution in [1.82, 2.24) is 19.7 Å². The van der Waals surface area contributed by atoms with Crippen LogP contribution in [0.25, 0.3) is 0 Å². The maximum Gasteiger partial charge on any atom is 0.277 e. The number of carbonyl (C=O) groups is 1. The van der Waals surface area contributed by atoms with E-state index in [0.29, 0.717) is 36.0 Å². The van der Waals surface area contributed by atoms with Gasteiger partial charge in [-0.2, -0.15) is 9.49 Å². The number of methoxy groups -OCH3 is 1. The molecule has 0 radical (unpaired) electrons. The molecule has 0 aliphatic carbocycles. The van der Waals surface area contributed by atoms with E-state index in [2.05, 4.69) is 25.7 Å². The van der Waals surface area contributed by atoms with E-state index in [-0.39, 0.29) is 5.69 Å². The topological polar surface area (TPSA) is 94.0 Å². The van der Waals surface area contributed by atoms with E-state index in [9.17, 15) is 9.18 Å². The van der Waals surface area contributed by atoms with E-state index in [1.54, 1.807) is 43.1 Å². The van der Waals surface area contributed by atoms with Crippen LogP contribution in [0.5, 0.6) is 0 Å². The van der Waals surface area contributed by atoms with Crippen molar-refractivity contribution < 1.29 is 13.9 Å². The molecule has 27 heavy (non-hydrogen) atoms. The number of pyridine rings is 2. The summed E-state index contributed by atoms with van der Waals surface area (Å²) in [5.74, 6) is -0.577. The third kappa shape index (κ3) is 4.85. The number of rotatable bonds is 7. The summed E-state index contributed by atoms with van der Waals surface area (Å²) in [5, 5.41) is 10.0. The number of amides is 1. The smallest absolute Gasteiger partial charge is 0.277 e. The van der Waals surface area contributed by atoms with Crippen molar-refractivity contribution in [2.45, 2.75) is 13.5 Å². The van der Waals surface area contributed by atoms with Crippen molar-refractivity contribution in [3.63, 3.8) is 0 Å². The monoisotopic (exact) mass is 370 g/mol. The van der Waals surface area contributed by atoms with Crippen molar-refractivity contribution in [1.29, 1.82) is 0 Å². The molecule has 0 saturated carbocycles. The lowest BCUT2D eigenvalue weighted by molar-refractivity contribution is 0.102. The van der Waals surface area contributed by atoms with E-state index in [1.807, 2.05) is 0 Å². The number of halogens is 1. The fraction of sp³-hybridized carbons (Fsp3) is 0.222. The van der Waals surface area contributed by atoms with Crippen molar-refractivity contribution in [3.05, 3.63) is 60.1 Å². The molecule has 0 aliphatic heterocycles. The lowest BCUT2D eigenvalue weighted by atomic mass is 10.2. The van der Waals surface area contributed by atoms with Crippen LogP contribution in [-0.2, 0) is 11.3 Å². The first kappa shape index (κ1) is 18.5. The summed E-state index contributed by atoms with van der Waals surface area (Å²) in [6.07, 6.45) is 3.09. The van der Waals surface area contributed by atoms with E-state index < -0.39 is 11.9 Å². The molecule has 9 heteroatoms. The maximum atomic E-state index is 13.0.